The zero-order chi connectivity index (χ0) is 22.9. The molecule has 2 aromatic carbocycles. The Morgan fingerprint density at radius 2 is 1.91 bits per heavy atom. The van der Waals surface area contributed by atoms with Crippen molar-refractivity contribution in [2.24, 2.45) is 0 Å². The average Bonchev–Trinajstić information content (AvgIpc) is 3.37. The maximum atomic E-state index is 12.9. The molecule has 0 spiro atoms. The van der Waals surface area contributed by atoms with E-state index < -0.39 is 0 Å². The molecule has 0 radical (unpaired) electrons. The molecule has 7 nitrogen and oxygen atoms in total. The number of anilines is 1. The number of imide groups is 1. The van der Waals surface area contributed by atoms with Crippen LogP contribution in [0.3, 0.4) is 0 Å². The molecule has 2 aliphatic rings. The van der Waals surface area contributed by atoms with Gasteiger partial charge in [-0.3, -0.25) is 19.3 Å². The maximum Gasteiger partial charge on any atom is 0.261 e. The van der Waals surface area contributed by atoms with Gasteiger partial charge in [-0.1, -0.05) is 25.5 Å². The van der Waals surface area contributed by atoms with Gasteiger partial charge in [0.05, 0.1) is 16.8 Å². The highest BCUT2D eigenvalue weighted by atomic mass is 16.2. The number of aryl methyl sites for hydroxylation is 2. The van der Waals surface area contributed by atoms with Crippen LogP contribution in [0.1, 0.15) is 69.5 Å². The summed E-state index contributed by atoms with van der Waals surface area (Å²) in [5, 5.41) is 2.91. The lowest BCUT2D eigenvalue weighted by molar-refractivity contribution is 0.0652. The van der Waals surface area contributed by atoms with E-state index in [1.807, 2.05) is 31.2 Å². The summed E-state index contributed by atoms with van der Waals surface area (Å²) in [7, 11) is 0. The number of hydrogen-bond donors (Lipinski definition) is 1. The number of carbonyl (C=O) groups is 3. The van der Waals surface area contributed by atoms with Crippen molar-refractivity contribution < 1.29 is 14.4 Å². The normalized spacial score (nSPS) is 14.9. The Balaban J connectivity index is 1.34. The van der Waals surface area contributed by atoms with Gasteiger partial charge in [-0.15, -0.1) is 0 Å². The van der Waals surface area contributed by atoms with Gasteiger partial charge in [0.1, 0.15) is 5.82 Å². The summed E-state index contributed by atoms with van der Waals surface area (Å²) >= 11 is 0. The quantitative estimate of drug-likeness (QED) is 0.568. The molecular formula is C26H26N4O3. The number of nitrogens with zero attached hydrogens (tertiary/aromatic N) is 3. The Morgan fingerprint density at radius 3 is 2.73 bits per heavy atom. The number of benzene rings is 2. The number of amides is 3. The van der Waals surface area contributed by atoms with E-state index in [2.05, 4.69) is 16.1 Å². The van der Waals surface area contributed by atoms with Crippen LogP contribution in [0.5, 0.6) is 0 Å². The minimum Gasteiger partial charge on any atom is -0.334 e. The fourth-order valence-electron chi connectivity index (χ4n) is 4.46. The third-order valence-corrected chi connectivity index (χ3v) is 6.29. The number of fused-ring (bicyclic) bond motifs is 2. The molecule has 5 rings (SSSR count). The summed E-state index contributed by atoms with van der Waals surface area (Å²) < 4.78 is 2.21. The van der Waals surface area contributed by atoms with E-state index in [4.69, 9.17) is 4.98 Å². The van der Waals surface area contributed by atoms with Gasteiger partial charge in [0.2, 0.25) is 0 Å². The van der Waals surface area contributed by atoms with Gasteiger partial charge in [0.15, 0.2) is 0 Å². The van der Waals surface area contributed by atoms with Gasteiger partial charge in [0, 0.05) is 42.5 Å². The van der Waals surface area contributed by atoms with Gasteiger partial charge in [-0.25, -0.2) is 4.98 Å². The molecule has 0 bridgehead atoms. The summed E-state index contributed by atoms with van der Waals surface area (Å²) in [4.78, 5) is 44.2. The number of nitrogens with one attached hydrogen (secondary N) is 1. The predicted octanol–water partition coefficient (Wildman–Crippen LogP) is 4.53. The van der Waals surface area contributed by atoms with E-state index in [-0.39, 0.29) is 17.7 Å². The van der Waals surface area contributed by atoms with E-state index in [0.717, 1.165) is 49.3 Å². The maximum absolute atomic E-state index is 12.9. The van der Waals surface area contributed by atoms with Crippen molar-refractivity contribution in [3.63, 3.8) is 0 Å². The summed E-state index contributed by atoms with van der Waals surface area (Å²) in [6, 6.07) is 12.3. The molecule has 1 N–H and O–H groups in total. The molecule has 0 saturated heterocycles. The van der Waals surface area contributed by atoms with Crippen LogP contribution in [0.2, 0.25) is 0 Å². The van der Waals surface area contributed by atoms with Crippen molar-refractivity contribution in [3.8, 4) is 11.3 Å². The molecule has 3 aromatic rings. The Bertz CT molecular complexity index is 1240. The van der Waals surface area contributed by atoms with Crippen LogP contribution in [0.4, 0.5) is 5.69 Å². The number of unbranched alkanes of at least 4 members (excludes halogenated alkanes) is 1. The van der Waals surface area contributed by atoms with Crippen LogP contribution in [0.25, 0.3) is 11.3 Å². The molecule has 7 heteroatoms. The lowest BCUT2D eigenvalue weighted by atomic mass is 10.0. The van der Waals surface area contributed by atoms with Crippen molar-refractivity contribution in [1.29, 1.82) is 0 Å². The van der Waals surface area contributed by atoms with Gasteiger partial charge in [0.25, 0.3) is 17.7 Å². The Kier molecular flexibility index (Phi) is 5.54. The molecule has 168 valence electrons. The second-order valence-electron chi connectivity index (χ2n) is 8.60. The standard InChI is InChI=1S/C26H26N4O3/c1-2-3-13-30-25(32)20-11-10-18(15-21(20)26(30)33)24(31)27-19-8-6-7-17(14-19)22-16-29-12-5-4-9-23(29)28-22/h6-8,10-11,14-16H,2-5,9,12-13H2,1H3,(H,27,31). The molecule has 2 aliphatic heterocycles. The fourth-order valence-corrected chi connectivity index (χ4v) is 4.46. The van der Waals surface area contributed by atoms with Gasteiger partial charge in [-0.05, 0) is 49.6 Å². The number of imidazole rings is 1. The molecule has 0 unspecified atom stereocenters. The summed E-state index contributed by atoms with van der Waals surface area (Å²) in [5.74, 6) is 0.164. The number of aromatic nitrogens is 2. The van der Waals surface area contributed by atoms with E-state index in [0.29, 0.717) is 28.9 Å². The second kappa shape index (κ2) is 8.65. The smallest absolute Gasteiger partial charge is 0.261 e. The van der Waals surface area contributed by atoms with E-state index in [1.54, 1.807) is 12.1 Å². The van der Waals surface area contributed by atoms with Crippen LogP contribution in [0, 0.1) is 0 Å². The van der Waals surface area contributed by atoms with Crippen LogP contribution in [-0.4, -0.2) is 38.7 Å². The average molecular weight is 443 g/mol. The van der Waals surface area contributed by atoms with E-state index in [1.165, 1.54) is 17.4 Å². The first-order valence-corrected chi connectivity index (χ1v) is 11.5. The molecule has 0 fully saturated rings. The van der Waals surface area contributed by atoms with E-state index in [9.17, 15) is 14.4 Å². The summed E-state index contributed by atoms with van der Waals surface area (Å²) in [6.45, 7) is 3.40. The van der Waals surface area contributed by atoms with Crippen molar-refractivity contribution in [2.75, 3.05) is 11.9 Å². The lowest BCUT2D eigenvalue weighted by Gasteiger charge is -2.12. The highest BCUT2D eigenvalue weighted by Crippen LogP contribution is 2.27. The minimum atomic E-state index is -0.330. The molecule has 0 saturated carbocycles. The monoisotopic (exact) mass is 442 g/mol. The van der Waals surface area contributed by atoms with Crippen LogP contribution in [-0.2, 0) is 13.0 Å². The summed E-state index contributed by atoms with van der Waals surface area (Å²) in [6.07, 6.45) is 7.05. The highest BCUT2D eigenvalue weighted by molar-refractivity contribution is 6.22. The van der Waals surface area contributed by atoms with Crippen LogP contribution in [0.15, 0.2) is 48.7 Å². The molecule has 1 aromatic heterocycles. The molecule has 0 aliphatic carbocycles. The molecule has 33 heavy (non-hydrogen) atoms. The lowest BCUT2D eigenvalue weighted by Crippen LogP contribution is -2.30. The summed E-state index contributed by atoms with van der Waals surface area (Å²) in [5.41, 5.74) is 3.48. The Labute approximate surface area is 192 Å². The number of rotatable bonds is 6. The van der Waals surface area contributed by atoms with Gasteiger partial charge < -0.3 is 9.88 Å². The minimum absolute atomic E-state index is 0.286. The van der Waals surface area contributed by atoms with Crippen molar-refractivity contribution in [3.05, 3.63) is 71.2 Å². The zero-order valence-corrected chi connectivity index (χ0v) is 18.6. The van der Waals surface area contributed by atoms with Crippen molar-refractivity contribution in [1.82, 2.24) is 14.5 Å². The fraction of sp³-hybridized carbons (Fsp3) is 0.308. The highest BCUT2D eigenvalue weighted by Gasteiger charge is 2.35. The Morgan fingerprint density at radius 1 is 1.06 bits per heavy atom. The third kappa shape index (κ3) is 3.95. The third-order valence-electron chi connectivity index (χ3n) is 6.29. The first-order chi connectivity index (χ1) is 16.0. The number of carbonyl (C=O) groups excluding carboxylic acids is 3. The van der Waals surface area contributed by atoms with Crippen LogP contribution < -0.4 is 5.32 Å². The first-order valence-electron chi connectivity index (χ1n) is 11.5. The largest absolute Gasteiger partial charge is 0.334 e. The van der Waals surface area contributed by atoms with E-state index >= 15 is 0 Å². The van der Waals surface area contributed by atoms with Crippen LogP contribution >= 0.6 is 0 Å². The molecule has 0 atom stereocenters. The second-order valence-corrected chi connectivity index (χ2v) is 8.60. The van der Waals surface area contributed by atoms with Gasteiger partial charge >= 0.3 is 0 Å². The van der Waals surface area contributed by atoms with Crippen molar-refractivity contribution >= 4 is 23.4 Å². The molecule has 3 heterocycles. The van der Waals surface area contributed by atoms with Gasteiger partial charge in [-0.2, -0.15) is 0 Å². The molecular weight excluding hydrogens is 416 g/mol. The topological polar surface area (TPSA) is 84.3 Å². The Hall–Kier alpha value is -3.74. The SMILES string of the molecule is CCCCN1C(=O)c2ccc(C(=O)Nc3cccc(-c4cn5c(n4)CCCC5)c3)cc2C1=O. The van der Waals surface area contributed by atoms with Crippen molar-refractivity contribution in [2.45, 2.75) is 45.6 Å². The molecule has 3 amide bonds. The predicted molar refractivity (Wildman–Crippen MR) is 125 cm³/mol. The zero-order valence-electron chi connectivity index (χ0n) is 18.6. The number of hydrogen-bond acceptors (Lipinski definition) is 4. The first kappa shape index (κ1) is 21.1.